The van der Waals surface area contributed by atoms with E-state index in [4.69, 9.17) is 20.9 Å². The molecule has 0 aliphatic carbocycles. The van der Waals surface area contributed by atoms with Crippen molar-refractivity contribution in [3.63, 3.8) is 0 Å². The number of hydrogen-bond acceptors (Lipinski definition) is 7. The summed E-state index contributed by atoms with van der Waals surface area (Å²) in [6.07, 6.45) is 0.794. The van der Waals surface area contributed by atoms with Gasteiger partial charge in [-0.05, 0) is 52.1 Å². The lowest BCUT2D eigenvalue weighted by Crippen LogP contribution is -2.48. The standard InChI is InChI=1S/C21H32N2O5/c1-21(2,3)28-20(26)19(27-17(24)12-8-5-9-13-22)18(25)16(23)14-15-10-6-4-7-11-15/h4,6-7,10-11,16,19H,5,8-9,12-14,22-23H2,1-3H3/t16-,19?/m0/s1. The van der Waals surface area contributed by atoms with Crippen LogP contribution in [-0.4, -0.2) is 42.0 Å². The van der Waals surface area contributed by atoms with Crippen LogP contribution in [0.3, 0.4) is 0 Å². The normalized spacial score (nSPS) is 13.5. The Morgan fingerprint density at radius 3 is 2.25 bits per heavy atom. The molecule has 156 valence electrons. The highest BCUT2D eigenvalue weighted by Gasteiger charge is 2.37. The maximum absolute atomic E-state index is 12.8. The molecule has 1 rings (SSSR count). The number of ether oxygens (including phenoxy) is 2. The van der Waals surface area contributed by atoms with Gasteiger partial charge in [-0.3, -0.25) is 9.59 Å². The molecule has 0 fully saturated rings. The van der Waals surface area contributed by atoms with Gasteiger partial charge in [0.05, 0.1) is 6.04 Å². The van der Waals surface area contributed by atoms with Gasteiger partial charge in [0, 0.05) is 6.42 Å². The number of hydrogen-bond donors (Lipinski definition) is 2. The van der Waals surface area contributed by atoms with E-state index < -0.39 is 35.5 Å². The van der Waals surface area contributed by atoms with Crippen LogP contribution in [0.5, 0.6) is 0 Å². The van der Waals surface area contributed by atoms with E-state index in [1.165, 1.54) is 0 Å². The number of carbonyl (C=O) groups is 3. The van der Waals surface area contributed by atoms with Crippen LogP contribution in [0.25, 0.3) is 0 Å². The molecule has 0 aliphatic rings. The minimum absolute atomic E-state index is 0.0977. The third kappa shape index (κ3) is 9.10. The number of carbonyl (C=O) groups excluding carboxylic acids is 3. The SMILES string of the molecule is CC(C)(C)OC(=O)C(OC(=O)CCCCCN)C(=O)[C@@H](N)Cc1ccccc1. The van der Waals surface area contributed by atoms with E-state index >= 15 is 0 Å². The number of benzene rings is 1. The zero-order valence-electron chi connectivity index (χ0n) is 17.0. The van der Waals surface area contributed by atoms with Gasteiger partial charge >= 0.3 is 11.9 Å². The van der Waals surface area contributed by atoms with Crippen molar-refractivity contribution in [3.8, 4) is 0 Å². The van der Waals surface area contributed by atoms with Crippen LogP contribution < -0.4 is 11.5 Å². The largest absolute Gasteiger partial charge is 0.457 e. The molecular weight excluding hydrogens is 360 g/mol. The highest BCUT2D eigenvalue weighted by molar-refractivity contribution is 6.06. The molecule has 0 spiro atoms. The van der Waals surface area contributed by atoms with Gasteiger partial charge in [-0.2, -0.15) is 0 Å². The molecule has 1 aromatic rings. The predicted molar refractivity (Wildman–Crippen MR) is 106 cm³/mol. The lowest BCUT2D eigenvalue weighted by molar-refractivity contribution is -0.178. The summed E-state index contributed by atoms with van der Waals surface area (Å²) in [5, 5.41) is 0. The van der Waals surface area contributed by atoms with E-state index in [2.05, 4.69) is 0 Å². The van der Waals surface area contributed by atoms with Gasteiger partial charge in [0.15, 0.2) is 0 Å². The fraction of sp³-hybridized carbons (Fsp3) is 0.571. The van der Waals surface area contributed by atoms with Crippen LogP contribution in [0.15, 0.2) is 30.3 Å². The fourth-order valence-corrected chi connectivity index (χ4v) is 2.52. The first-order valence-corrected chi connectivity index (χ1v) is 9.59. The molecule has 4 N–H and O–H groups in total. The highest BCUT2D eigenvalue weighted by Crippen LogP contribution is 2.14. The first-order chi connectivity index (χ1) is 13.1. The average molecular weight is 392 g/mol. The first kappa shape index (κ1) is 23.8. The van der Waals surface area contributed by atoms with Crippen LogP contribution in [0, 0.1) is 0 Å². The minimum Gasteiger partial charge on any atom is -0.457 e. The van der Waals surface area contributed by atoms with Gasteiger partial charge in [-0.1, -0.05) is 36.8 Å². The Hall–Kier alpha value is -2.25. The van der Waals surface area contributed by atoms with E-state index in [0.717, 1.165) is 18.4 Å². The Bertz CT molecular complexity index is 640. The Kier molecular flexibility index (Phi) is 9.82. The third-order valence-corrected chi connectivity index (χ3v) is 3.88. The van der Waals surface area contributed by atoms with Crippen LogP contribution in [0.4, 0.5) is 0 Å². The molecule has 0 amide bonds. The summed E-state index contributed by atoms with van der Waals surface area (Å²) in [7, 11) is 0. The summed E-state index contributed by atoms with van der Waals surface area (Å²) in [5.41, 5.74) is 11.4. The van der Waals surface area contributed by atoms with Gasteiger partial charge in [0.2, 0.25) is 5.78 Å². The van der Waals surface area contributed by atoms with Gasteiger partial charge in [-0.25, -0.2) is 4.79 Å². The molecule has 2 atom stereocenters. The molecule has 0 saturated carbocycles. The molecule has 0 aromatic heterocycles. The second-order valence-electron chi connectivity index (χ2n) is 7.70. The smallest absolute Gasteiger partial charge is 0.355 e. The molecule has 0 aliphatic heterocycles. The number of unbranched alkanes of at least 4 members (excludes halogenated alkanes) is 2. The summed E-state index contributed by atoms with van der Waals surface area (Å²) >= 11 is 0. The van der Waals surface area contributed by atoms with Crippen LogP contribution in [0.2, 0.25) is 0 Å². The van der Waals surface area contributed by atoms with E-state index in [9.17, 15) is 14.4 Å². The predicted octanol–water partition coefficient (Wildman–Crippen LogP) is 1.90. The van der Waals surface area contributed by atoms with Crippen LogP contribution >= 0.6 is 0 Å². The zero-order chi connectivity index (χ0) is 21.2. The van der Waals surface area contributed by atoms with E-state index in [1.807, 2.05) is 30.3 Å². The minimum atomic E-state index is -1.67. The Morgan fingerprint density at radius 2 is 1.68 bits per heavy atom. The second kappa shape index (κ2) is 11.6. The molecule has 0 radical (unpaired) electrons. The summed E-state index contributed by atoms with van der Waals surface area (Å²) in [6, 6.07) is 8.19. The van der Waals surface area contributed by atoms with Gasteiger partial charge in [0.1, 0.15) is 5.60 Å². The maximum atomic E-state index is 12.8. The first-order valence-electron chi connectivity index (χ1n) is 9.59. The number of nitrogens with two attached hydrogens (primary N) is 2. The summed E-state index contributed by atoms with van der Waals surface area (Å²) in [5.74, 6) is -2.21. The highest BCUT2D eigenvalue weighted by atomic mass is 16.6. The Balaban J connectivity index is 2.81. The molecule has 1 aromatic carbocycles. The van der Waals surface area contributed by atoms with Crippen molar-refractivity contribution in [1.82, 2.24) is 0 Å². The topological polar surface area (TPSA) is 122 Å². The average Bonchev–Trinajstić information content (AvgIpc) is 2.62. The number of Topliss-reactive ketones (excluding diaryl/α,β-unsaturated/α-hetero) is 1. The molecule has 0 bridgehead atoms. The van der Waals surface area contributed by atoms with Crippen LogP contribution in [0.1, 0.15) is 52.0 Å². The molecule has 0 heterocycles. The van der Waals surface area contributed by atoms with Crippen molar-refractivity contribution in [3.05, 3.63) is 35.9 Å². The van der Waals surface area contributed by atoms with Crippen molar-refractivity contribution >= 4 is 17.7 Å². The lowest BCUT2D eigenvalue weighted by atomic mass is 10.00. The molecule has 1 unspecified atom stereocenters. The molecule has 7 nitrogen and oxygen atoms in total. The van der Waals surface area contributed by atoms with Gasteiger partial charge in [-0.15, -0.1) is 0 Å². The summed E-state index contributed by atoms with van der Waals surface area (Å²) in [6.45, 7) is 5.56. The second-order valence-corrected chi connectivity index (χ2v) is 7.70. The van der Waals surface area contributed by atoms with Gasteiger partial charge in [0.25, 0.3) is 6.10 Å². The molecule has 28 heavy (non-hydrogen) atoms. The quantitative estimate of drug-likeness (QED) is 0.335. The number of esters is 2. The lowest BCUT2D eigenvalue weighted by Gasteiger charge is -2.24. The van der Waals surface area contributed by atoms with Crippen molar-refractivity contribution in [2.24, 2.45) is 11.5 Å². The molecule has 7 heteroatoms. The molecular formula is C21H32N2O5. The zero-order valence-corrected chi connectivity index (χ0v) is 17.0. The maximum Gasteiger partial charge on any atom is 0.355 e. The van der Waals surface area contributed by atoms with E-state index in [0.29, 0.717) is 13.0 Å². The third-order valence-electron chi connectivity index (χ3n) is 3.88. The van der Waals surface area contributed by atoms with Crippen LogP contribution in [-0.2, 0) is 30.3 Å². The Morgan fingerprint density at radius 1 is 1.04 bits per heavy atom. The monoisotopic (exact) mass is 392 g/mol. The van der Waals surface area contributed by atoms with E-state index in [1.54, 1.807) is 20.8 Å². The van der Waals surface area contributed by atoms with Gasteiger partial charge < -0.3 is 20.9 Å². The number of ketones is 1. The fourth-order valence-electron chi connectivity index (χ4n) is 2.52. The van der Waals surface area contributed by atoms with Crippen molar-refractivity contribution < 1.29 is 23.9 Å². The van der Waals surface area contributed by atoms with E-state index in [-0.39, 0.29) is 12.8 Å². The molecule has 0 saturated heterocycles. The summed E-state index contributed by atoms with van der Waals surface area (Å²) < 4.78 is 10.4. The summed E-state index contributed by atoms with van der Waals surface area (Å²) in [4.78, 5) is 37.4. The Labute approximate surface area is 166 Å². The van der Waals surface area contributed by atoms with Crippen molar-refractivity contribution in [2.75, 3.05) is 6.54 Å². The van der Waals surface area contributed by atoms with Crippen molar-refractivity contribution in [2.45, 2.75) is 70.6 Å². The van der Waals surface area contributed by atoms with Crippen molar-refractivity contribution in [1.29, 1.82) is 0 Å². The number of rotatable bonds is 11.